The van der Waals surface area contributed by atoms with Crippen LogP contribution in [0.5, 0.6) is 0 Å². The van der Waals surface area contributed by atoms with Gasteiger partial charge in [-0.1, -0.05) is 54.1 Å². The molecule has 0 spiro atoms. The van der Waals surface area contributed by atoms with Crippen LogP contribution in [0.15, 0.2) is 67.1 Å². The van der Waals surface area contributed by atoms with Crippen LogP contribution in [0, 0.1) is 0 Å². The van der Waals surface area contributed by atoms with E-state index in [4.69, 9.17) is 11.6 Å². The van der Waals surface area contributed by atoms with E-state index in [0.29, 0.717) is 6.54 Å². The Morgan fingerprint density at radius 1 is 0.923 bits per heavy atom. The molecule has 1 N–H and O–H groups in total. The molecular formula is C20H18ClN5. The summed E-state index contributed by atoms with van der Waals surface area (Å²) in [4.78, 5) is 8.78. The minimum Gasteiger partial charge on any atom is -0.369 e. The Labute approximate surface area is 156 Å². The molecule has 2 aromatic heterocycles. The predicted octanol–water partition coefficient (Wildman–Crippen LogP) is 4.18. The monoisotopic (exact) mass is 363 g/mol. The zero-order chi connectivity index (χ0) is 17.8. The summed E-state index contributed by atoms with van der Waals surface area (Å²) < 4.78 is 1.88. The largest absolute Gasteiger partial charge is 0.369 e. The highest BCUT2D eigenvalue weighted by Gasteiger charge is 2.10. The van der Waals surface area contributed by atoms with Crippen molar-refractivity contribution in [1.82, 2.24) is 19.7 Å². The number of aromatic nitrogens is 4. The smallest absolute Gasteiger partial charge is 0.163 e. The molecule has 0 unspecified atom stereocenters. The Bertz CT molecular complexity index is 996. The molecule has 0 fully saturated rings. The van der Waals surface area contributed by atoms with Gasteiger partial charge < -0.3 is 5.32 Å². The van der Waals surface area contributed by atoms with E-state index in [0.717, 1.165) is 40.4 Å². The Balaban J connectivity index is 1.50. The molecule has 0 saturated carbocycles. The molecule has 0 aliphatic rings. The first-order valence-corrected chi connectivity index (χ1v) is 8.86. The lowest BCUT2D eigenvalue weighted by molar-refractivity contribution is 0.703. The predicted molar refractivity (Wildman–Crippen MR) is 105 cm³/mol. The van der Waals surface area contributed by atoms with Crippen LogP contribution in [0.1, 0.15) is 11.1 Å². The number of nitrogens with one attached hydrogen (secondary N) is 1. The van der Waals surface area contributed by atoms with Crippen molar-refractivity contribution >= 4 is 28.5 Å². The van der Waals surface area contributed by atoms with Crippen LogP contribution < -0.4 is 5.32 Å². The lowest BCUT2D eigenvalue weighted by Gasteiger charge is -2.07. The Morgan fingerprint density at radius 3 is 2.54 bits per heavy atom. The fourth-order valence-electron chi connectivity index (χ4n) is 2.88. The molecule has 0 radical (unpaired) electrons. The SMILES string of the molecule is Clc1ccc(Cn2ncc3c(NCCc4ccccc4)ncnc32)cc1. The summed E-state index contributed by atoms with van der Waals surface area (Å²) >= 11 is 5.95. The van der Waals surface area contributed by atoms with Crippen molar-refractivity contribution in [2.75, 3.05) is 11.9 Å². The molecule has 2 aromatic carbocycles. The molecule has 4 aromatic rings. The van der Waals surface area contributed by atoms with Gasteiger partial charge in [-0.25, -0.2) is 14.6 Å². The number of hydrogen-bond donors (Lipinski definition) is 1. The van der Waals surface area contributed by atoms with Gasteiger partial charge in [0.1, 0.15) is 12.1 Å². The van der Waals surface area contributed by atoms with Gasteiger partial charge in [-0.3, -0.25) is 0 Å². The van der Waals surface area contributed by atoms with E-state index in [-0.39, 0.29) is 0 Å². The summed E-state index contributed by atoms with van der Waals surface area (Å²) in [6.07, 6.45) is 4.33. The summed E-state index contributed by atoms with van der Waals surface area (Å²) in [6.45, 7) is 1.44. The molecule has 130 valence electrons. The standard InChI is InChI=1S/C20H18ClN5/c21-17-8-6-16(7-9-17)13-26-20-18(12-25-26)19(23-14-24-20)22-11-10-15-4-2-1-3-5-15/h1-9,12,14H,10-11,13H2,(H,22,23,24). The van der Waals surface area contributed by atoms with Crippen LogP contribution in [0.4, 0.5) is 5.82 Å². The van der Waals surface area contributed by atoms with Gasteiger partial charge >= 0.3 is 0 Å². The number of anilines is 1. The Hall–Kier alpha value is -2.92. The highest BCUT2D eigenvalue weighted by atomic mass is 35.5. The van der Waals surface area contributed by atoms with Crippen LogP contribution >= 0.6 is 11.6 Å². The van der Waals surface area contributed by atoms with Crippen LogP contribution in [0.25, 0.3) is 11.0 Å². The van der Waals surface area contributed by atoms with Crippen LogP contribution in [-0.4, -0.2) is 26.3 Å². The molecule has 2 heterocycles. The number of hydrogen-bond acceptors (Lipinski definition) is 4. The maximum absolute atomic E-state index is 5.95. The first-order chi connectivity index (χ1) is 12.8. The van der Waals surface area contributed by atoms with E-state index in [1.165, 1.54) is 5.56 Å². The lowest BCUT2D eigenvalue weighted by atomic mass is 10.1. The van der Waals surface area contributed by atoms with Crippen molar-refractivity contribution in [2.24, 2.45) is 0 Å². The fraction of sp³-hybridized carbons (Fsp3) is 0.150. The molecule has 0 atom stereocenters. The lowest BCUT2D eigenvalue weighted by Crippen LogP contribution is -2.07. The third-order valence-electron chi connectivity index (χ3n) is 4.23. The number of rotatable bonds is 6. The zero-order valence-electron chi connectivity index (χ0n) is 14.1. The Morgan fingerprint density at radius 2 is 1.73 bits per heavy atom. The number of nitrogens with zero attached hydrogens (tertiary/aromatic N) is 4. The fourth-order valence-corrected chi connectivity index (χ4v) is 3.01. The summed E-state index contributed by atoms with van der Waals surface area (Å²) in [5, 5.41) is 9.53. The second-order valence-corrected chi connectivity index (χ2v) is 6.49. The quantitative estimate of drug-likeness (QED) is 0.558. The number of fused-ring (bicyclic) bond motifs is 1. The Kier molecular flexibility index (Phi) is 4.80. The molecule has 0 amide bonds. The van der Waals surface area contributed by atoms with Crippen LogP contribution in [-0.2, 0) is 13.0 Å². The van der Waals surface area contributed by atoms with E-state index in [2.05, 4.69) is 44.6 Å². The third-order valence-corrected chi connectivity index (χ3v) is 4.48. The van der Waals surface area contributed by atoms with Crippen molar-refractivity contribution in [3.05, 3.63) is 83.3 Å². The van der Waals surface area contributed by atoms with Crippen molar-refractivity contribution in [2.45, 2.75) is 13.0 Å². The molecule has 5 nitrogen and oxygen atoms in total. The summed E-state index contributed by atoms with van der Waals surface area (Å²) in [5.74, 6) is 0.813. The number of benzene rings is 2. The first-order valence-electron chi connectivity index (χ1n) is 8.48. The third kappa shape index (κ3) is 3.68. The first kappa shape index (κ1) is 16.5. The highest BCUT2D eigenvalue weighted by molar-refractivity contribution is 6.30. The summed E-state index contributed by atoms with van der Waals surface area (Å²) in [5.41, 5.74) is 3.23. The second kappa shape index (κ2) is 7.54. The van der Waals surface area contributed by atoms with E-state index in [9.17, 15) is 0 Å². The van der Waals surface area contributed by atoms with Crippen LogP contribution in [0.2, 0.25) is 5.02 Å². The van der Waals surface area contributed by atoms with Crippen molar-refractivity contribution in [1.29, 1.82) is 0 Å². The topological polar surface area (TPSA) is 55.6 Å². The van der Waals surface area contributed by atoms with Gasteiger partial charge in [-0.2, -0.15) is 5.10 Å². The normalized spacial score (nSPS) is 11.0. The molecule has 26 heavy (non-hydrogen) atoms. The molecule has 0 aliphatic carbocycles. The van der Waals surface area contributed by atoms with Gasteiger partial charge in [0.25, 0.3) is 0 Å². The minimum atomic E-state index is 0.640. The molecule has 0 saturated heterocycles. The maximum Gasteiger partial charge on any atom is 0.163 e. The molecule has 0 aliphatic heterocycles. The number of halogens is 1. The van der Waals surface area contributed by atoms with Gasteiger partial charge in [-0.15, -0.1) is 0 Å². The minimum absolute atomic E-state index is 0.640. The van der Waals surface area contributed by atoms with Crippen molar-refractivity contribution < 1.29 is 0 Å². The molecule has 6 heteroatoms. The van der Waals surface area contributed by atoms with E-state index in [1.807, 2.05) is 41.2 Å². The van der Waals surface area contributed by atoms with Gasteiger partial charge in [0.15, 0.2) is 5.65 Å². The maximum atomic E-state index is 5.95. The van der Waals surface area contributed by atoms with Gasteiger partial charge in [0.05, 0.1) is 18.1 Å². The highest BCUT2D eigenvalue weighted by Crippen LogP contribution is 2.20. The van der Waals surface area contributed by atoms with Crippen molar-refractivity contribution in [3.63, 3.8) is 0 Å². The molecular weight excluding hydrogens is 346 g/mol. The van der Waals surface area contributed by atoms with E-state index < -0.39 is 0 Å². The zero-order valence-corrected chi connectivity index (χ0v) is 14.9. The molecule has 0 bridgehead atoms. The van der Waals surface area contributed by atoms with Gasteiger partial charge in [0, 0.05) is 11.6 Å². The van der Waals surface area contributed by atoms with Gasteiger partial charge in [0.2, 0.25) is 0 Å². The van der Waals surface area contributed by atoms with E-state index in [1.54, 1.807) is 6.33 Å². The average molecular weight is 364 g/mol. The second-order valence-electron chi connectivity index (χ2n) is 6.05. The van der Waals surface area contributed by atoms with Crippen molar-refractivity contribution in [3.8, 4) is 0 Å². The summed E-state index contributed by atoms with van der Waals surface area (Å²) in [7, 11) is 0. The average Bonchev–Trinajstić information content (AvgIpc) is 3.08. The van der Waals surface area contributed by atoms with Crippen LogP contribution in [0.3, 0.4) is 0 Å². The van der Waals surface area contributed by atoms with Gasteiger partial charge in [-0.05, 0) is 29.7 Å². The molecule has 4 rings (SSSR count). The summed E-state index contributed by atoms with van der Waals surface area (Å²) in [6, 6.07) is 18.1. The van der Waals surface area contributed by atoms with E-state index >= 15 is 0 Å².